The maximum Gasteiger partial charge on any atom is 0.0992 e. The molecule has 3 nitrogen and oxygen atoms in total. The number of hydroxylamine groups is 1. The van der Waals surface area contributed by atoms with Gasteiger partial charge in [-0.15, -0.1) is 0 Å². The van der Waals surface area contributed by atoms with E-state index in [0.29, 0.717) is 23.2 Å². The number of benzene rings is 1. The summed E-state index contributed by atoms with van der Waals surface area (Å²) in [6, 6.07) is 7.35. The number of nitrogens with zero attached hydrogens (tertiary/aromatic N) is 1. The van der Waals surface area contributed by atoms with Gasteiger partial charge in [-0.25, -0.2) is 0 Å². The first-order valence-electron chi connectivity index (χ1n) is 5.86. The van der Waals surface area contributed by atoms with Gasteiger partial charge in [0.2, 0.25) is 0 Å². The number of nitriles is 1. The van der Waals surface area contributed by atoms with Crippen LogP contribution in [0.2, 0.25) is 5.02 Å². The van der Waals surface area contributed by atoms with Crippen molar-refractivity contribution in [2.45, 2.75) is 38.3 Å². The smallest absolute Gasteiger partial charge is 0.0992 e. The average molecular weight is 251 g/mol. The van der Waals surface area contributed by atoms with Gasteiger partial charge >= 0.3 is 0 Å². The van der Waals surface area contributed by atoms with Gasteiger partial charge in [-0.3, -0.25) is 4.84 Å². The molecule has 17 heavy (non-hydrogen) atoms. The van der Waals surface area contributed by atoms with Gasteiger partial charge < -0.3 is 0 Å². The summed E-state index contributed by atoms with van der Waals surface area (Å²) in [5.74, 6) is 0. The predicted octanol–water partition coefficient (Wildman–Crippen LogP) is 3.18. The van der Waals surface area contributed by atoms with Gasteiger partial charge in [-0.05, 0) is 30.5 Å². The molecule has 0 aromatic heterocycles. The molecule has 1 aromatic carbocycles. The fourth-order valence-electron chi connectivity index (χ4n) is 2.00. The van der Waals surface area contributed by atoms with E-state index >= 15 is 0 Å². The lowest BCUT2D eigenvalue weighted by Gasteiger charge is -2.12. The van der Waals surface area contributed by atoms with Gasteiger partial charge in [0.05, 0.1) is 17.7 Å². The molecule has 90 valence electrons. The molecule has 1 aromatic rings. The third-order valence-corrected chi connectivity index (χ3v) is 3.35. The molecule has 1 fully saturated rings. The molecule has 0 aliphatic heterocycles. The van der Waals surface area contributed by atoms with Crippen LogP contribution in [-0.4, -0.2) is 6.10 Å². The van der Waals surface area contributed by atoms with E-state index in [1.807, 2.05) is 6.07 Å². The predicted molar refractivity (Wildman–Crippen MR) is 66.3 cm³/mol. The van der Waals surface area contributed by atoms with Crippen LogP contribution in [0.1, 0.15) is 36.8 Å². The lowest BCUT2D eigenvalue weighted by molar-refractivity contribution is -0.0244. The topological polar surface area (TPSA) is 45.0 Å². The van der Waals surface area contributed by atoms with E-state index in [4.69, 9.17) is 21.7 Å². The van der Waals surface area contributed by atoms with Gasteiger partial charge in [0.15, 0.2) is 0 Å². The van der Waals surface area contributed by atoms with Crippen LogP contribution in [0.15, 0.2) is 18.2 Å². The average Bonchev–Trinajstić information content (AvgIpc) is 2.84. The molecule has 0 unspecified atom stereocenters. The number of hydrogen-bond acceptors (Lipinski definition) is 3. The summed E-state index contributed by atoms with van der Waals surface area (Å²) < 4.78 is 0. The van der Waals surface area contributed by atoms with Crippen molar-refractivity contribution in [2.24, 2.45) is 0 Å². The Labute approximate surface area is 106 Å². The third-order valence-electron chi connectivity index (χ3n) is 3.00. The first-order chi connectivity index (χ1) is 8.29. The van der Waals surface area contributed by atoms with Crippen LogP contribution in [0, 0.1) is 11.3 Å². The minimum absolute atomic E-state index is 0.340. The van der Waals surface area contributed by atoms with Crippen LogP contribution in [0.5, 0.6) is 0 Å². The quantitative estimate of drug-likeness (QED) is 0.835. The Kier molecular flexibility index (Phi) is 4.38. The molecule has 0 spiro atoms. The molecule has 1 saturated carbocycles. The molecule has 1 aliphatic carbocycles. The van der Waals surface area contributed by atoms with Crippen molar-refractivity contribution in [3.8, 4) is 6.07 Å². The molecule has 0 radical (unpaired) electrons. The zero-order valence-corrected chi connectivity index (χ0v) is 10.3. The van der Waals surface area contributed by atoms with Crippen LogP contribution in [0.25, 0.3) is 0 Å². The van der Waals surface area contributed by atoms with Crippen molar-refractivity contribution >= 4 is 11.6 Å². The van der Waals surface area contributed by atoms with E-state index in [1.54, 1.807) is 12.1 Å². The molecule has 0 saturated heterocycles. The highest BCUT2D eigenvalue weighted by molar-refractivity contribution is 6.31. The largest absolute Gasteiger partial charge is 0.298 e. The van der Waals surface area contributed by atoms with E-state index in [2.05, 4.69) is 11.5 Å². The summed E-state index contributed by atoms with van der Waals surface area (Å²) in [6.07, 6.45) is 5.11. The highest BCUT2D eigenvalue weighted by atomic mass is 35.5. The summed E-state index contributed by atoms with van der Waals surface area (Å²) in [5, 5.41) is 9.33. The zero-order valence-electron chi connectivity index (χ0n) is 9.58. The normalized spacial score (nSPS) is 16.0. The number of rotatable bonds is 4. The number of hydrogen-bond donors (Lipinski definition) is 1. The highest BCUT2D eigenvalue weighted by Crippen LogP contribution is 2.21. The molecule has 0 atom stereocenters. The fraction of sp³-hybridized carbons (Fsp3) is 0.462. The Bertz CT molecular complexity index is 422. The molecule has 0 bridgehead atoms. The summed E-state index contributed by atoms with van der Waals surface area (Å²) in [6.45, 7) is 0.570. The lowest BCUT2D eigenvalue weighted by Crippen LogP contribution is -2.21. The Morgan fingerprint density at radius 3 is 2.82 bits per heavy atom. The standard InChI is InChI=1S/C13H15ClN2O/c14-13-7-10(8-15)5-6-11(13)9-16-17-12-3-1-2-4-12/h5-7,12,16H,1-4,9H2. The molecule has 0 amide bonds. The molecular formula is C13H15ClN2O. The van der Waals surface area contributed by atoms with Crippen molar-refractivity contribution in [3.05, 3.63) is 34.3 Å². The van der Waals surface area contributed by atoms with Crippen LogP contribution >= 0.6 is 11.6 Å². The summed E-state index contributed by atoms with van der Waals surface area (Å²) >= 11 is 6.06. The van der Waals surface area contributed by atoms with E-state index in [0.717, 1.165) is 18.4 Å². The lowest BCUT2D eigenvalue weighted by atomic mass is 10.1. The van der Waals surface area contributed by atoms with Crippen LogP contribution in [0.4, 0.5) is 0 Å². The second-order valence-corrected chi connectivity index (χ2v) is 4.67. The number of nitrogens with one attached hydrogen (secondary N) is 1. The Balaban J connectivity index is 1.84. The van der Waals surface area contributed by atoms with Crippen molar-refractivity contribution in [3.63, 3.8) is 0 Å². The van der Waals surface area contributed by atoms with Crippen molar-refractivity contribution in [1.82, 2.24) is 5.48 Å². The van der Waals surface area contributed by atoms with E-state index in [-0.39, 0.29) is 0 Å². The molecule has 4 heteroatoms. The first-order valence-corrected chi connectivity index (χ1v) is 6.24. The van der Waals surface area contributed by atoms with Crippen LogP contribution in [-0.2, 0) is 11.4 Å². The van der Waals surface area contributed by atoms with Crippen LogP contribution in [0.3, 0.4) is 0 Å². The van der Waals surface area contributed by atoms with Crippen molar-refractivity contribution in [2.75, 3.05) is 0 Å². The molecule has 1 aliphatic rings. The first kappa shape index (κ1) is 12.4. The minimum atomic E-state index is 0.340. The van der Waals surface area contributed by atoms with E-state index in [1.165, 1.54) is 12.8 Å². The second kappa shape index (κ2) is 6.02. The van der Waals surface area contributed by atoms with Crippen LogP contribution < -0.4 is 5.48 Å². The summed E-state index contributed by atoms with van der Waals surface area (Å²) in [4.78, 5) is 5.54. The molecular weight excluding hydrogens is 236 g/mol. The molecule has 1 N–H and O–H groups in total. The van der Waals surface area contributed by atoms with Gasteiger partial charge in [0.25, 0.3) is 0 Å². The monoisotopic (exact) mass is 250 g/mol. The van der Waals surface area contributed by atoms with Gasteiger partial charge in [0.1, 0.15) is 0 Å². The molecule has 2 rings (SSSR count). The maximum absolute atomic E-state index is 8.72. The summed E-state index contributed by atoms with van der Waals surface area (Å²) in [7, 11) is 0. The maximum atomic E-state index is 8.72. The summed E-state index contributed by atoms with van der Waals surface area (Å²) in [5.41, 5.74) is 4.48. The third kappa shape index (κ3) is 3.44. The zero-order chi connectivity index (χ0) is 12.1. The second-order valence-electron chi connectivity index (χ2n) is 4.26. The minimum Gasteiger partial charge on any atom is -0.298 e. The molecule has 0 heterocycles. The van der Waals surface area contributed by atoms with Gasteiger partial charge in [-0.1, -0.05) is 30.5 Å². The number of halogens is 1. The SMILES string of the molecule is N#Cc1ccc(CNOC2CCCC2)c(Cl)c1. The Morgan fingerprint density at radius 1 is 1.41 bits per heavy atom. The Morgan fingerprint density at radius 2 is 2.18 bits per heavy atom. The van der Waals surface area contributed by atoms with Gasteiger partial charge in [0, 0.05) is 11.6 Å². The Hall–Kier alpha value is -1.08. The van der Waals surface area contributed by atoms with E-state index in [9.17, 15) is 0 Å². The van der Waals surface area contributed by atoms with E-state index < -0.39 is 0 Å². The van der Waals surface area contributed by atoms with Crippen molar-refractivity contribution in [1.29, 1.82) is 5.26 Å². The fourth-order valence-corrected chi connectivity index (χ4v) is 2.25. The van der Waals surface area contributed by atoms with Gasteiger partial charge in [-0.2, -0.15) is 10.7 Å². The van der Waals surface area contributed by atoms with Crippen molar-refractivity contribution < 1.29 is 4.84 Å². The highest BCUT2D eigenvalue weighted by Gasteiger charge is 2.15.